The van der Waals surface area contributed by atoms with E-state index in [2.05, 4.69) is 4.90 Å². The minimum Gasteiger partial charge on any atom is -0.396 e. The van der Waals surface area contributed by atoms with Crippen LogP contribution in [0.5, 0.6) is 0 Å². The summed E-state index contributed by atoms with van der Waals surface area (Å²) in [5.74, 6) is 0.160. The van der Waals surface area contributed by atoms with Crippen LogP contribution in [0.4, 0.5) is 0 Å². The van der Waals surface area contributed by atoms with Gasteiger partial charge >= 0.3 is 0 Å². The summed E-state index contributed by atoms with van der Waals surface area (Å²) in [4.78, 5) is 16.0. The lowest BCUT2D eigenvalue weighted by molar-refractivity contribution is -0.132. The molecule has 0 unspecified atom stereocenters. The molecule has 1 saturated carbocycles. The van der Waals surface area contributed by atoms with Crippen molar-refractivity contribution in [3.8, 4) is 0 Å². The molecule has 5 nitrogen and oxygen atoms in total. The molecule has 0 aromatic rings. The van der Waals surface area contributed by atoms with Crippen molar-refractivity contribution in [2.45, 2.75) is 38.1 Å². The van der Waals surface area contributed by atoms with E-state index in [0.717, 1.165) is 25.9 Å². The molecule has 3 N–H and O–H groups in total. The van der Waals surface area contributed by atoms with Crippen LogP contribution >= 0.6 is 0 Å². The Morgan fingerprint density at radius 1 is 1.33 bits per heavy atom. The fraction of sp³-hybridized carbons (Fsp3) is 0.923. The maximum Gasteiger partial charge on any atom is 0.236 e. The molecule has 18 heavy (non-hydrogen) atoms. The summed E-state index contributed by atoms with van der Waals surface area (Å²) in [5.41, 5.74) is 5.45. The maximum atomic E-state index is 12.0. The summed E-state index contributed by atoms with van der Waals surface area (Å²) in [7, 11) is 1.84. The molecule has 0 aromatic heterocycles. The summed E-state index contributed by atoms with van der Waals surface area (Å²) in [6, 6.07) is 0.545. The summed E-state index contributed by atoms with van der Waals surface area (Å²) in [6.45, 7) is 2.84. The van der Waals surface area contributed by atoms with E-state index in [-0.39, 0.29) is 12.5 Å². The second-order valence-electron chi connectivity index (χ2n) is 5.09. The molecule has 1 aliphatic rings. The first kappa shape index (κ1) is 15.4. The van der Waals surface area contributed by atoms with Crippen LogP contribution in [0.15, 0.2) is 0 Å². The molecule has 0 saturated heterocycles. The molecule has 106 valence electrons. The van der Waals surface area contributed by atoms with E-state index < -0.39 is 0 Å². The minimum atomic E-state index is 0.160. The van der Waals surface area contributed by atoms with Crippen LogP contribution in [0.3, 0.4) is 0 Å². The largest absolute Gasteiger partial charge is 0.396 e. The fourth-order valence-corrected chi connectivity index (χ4v) is 2.16. The molecule has 0 radical (unpaired) electrons. The van der Waals surface area contributed by atoms with Crippen molar-refractivity contribution in [1.29, 1.82) is 0 Å². The molecule has 0 heterocycles. The van der Waals surface area contributed by atoms with Gasteiger partial charge in [-0.25, -0.2) is 0 Å². The van der Waals surface area contributed by atoms with Gasteiger partial charge in [0.2, 0.25) is 5.91 Å². The smallest absolute Gasteiger partial charge is 0.236 e. The number of nitrogens with two attached hydrogens (primary N) is 1. The van der Waals surface area contributed by atoms with E-state index in [1.54, 1.807) is 4.90 Å². The van der Waals surface area contributed by atoms with Gasteiger partial charge in [-0.3, -0.25) is 9.69 Å². The first-order valence-electron chi connectivity index (χ1n) is 6.98. The van der Waals surface area contributed by atoms with Gasteiger partial charge in [-0.05, 0) is 32.2 Å². The zero-order chi connectivity index (χ0) is 13.4. The topological polar surface area (TPSA) is 69.8 Å². The van der Waals surface area contributed by atoms with Crippen LogP contribution in [0.1, 0.15) is 32.1 Å². The Balaban J connectivity index is 2.35. The molecular formula is C13H27N3O2. The van der Waals surface area contributed by atoms with Crippen molar-refractivity contribution in [1.82, 2.24) is 9.80 Å². The molecule has 1 aliphatic carbocycles. The Labute approximate surface area is 110 Å². The van der Waals surface area contributed by atoms with E-state index in [1.165, 1.54) is 19.3 Å². The van der Waals surface area contributed by atoms with Crippen LogP contribution < -0.4 is 5.73 Å². The van der Waals surface area contributed by atoms with Gasteiger partial charge in [0.05, 0.1) is 6.54 Å². The average molecular weight is 257 g/mol. The lowest BCUT2D eigenvalue weighted by Crippen LogP contribution is -2.47. The molecule has 0 spiro atoms. The number of aliphatic hydroxyl groups excluding tert-OH is 1. The lowest BCUT2D eigenvalue weighted by atomic mass is 9.91. The van der Waals surface area contributed by atoms with Crippen LogP contribution in [-0.2, 0) is 4.79 Å². The monoisotopic (exact) mass is 257 g/mol. The second-order valence-corrected chi connectivity index (χ2v) is 5.09. The number of aliphatic hydroxyl groups is 1. The van der Waals surface area contributed by atoms with Crippen molar-refractivity contribution < 1.29 is 9.90 Å². The number of amides is 1. The third-order valence-electron chi connectivity index (χ3n) is 3.66. The van der Waals surface area contributed by atoms with Gasteiger partial charge in [-0.2, -0.15) is 0 Å². The summed E-state index contributed by atoms with van der Waals surface area (Å²) >= 11 is 0. The molecular weight excluding hydrogens is 230 g/mol. The highest BCUT2D eigenvalue weighted by Crippen LogP contribution is 2.24. The first-order chi connectivity index (χ1) is 8.69. The molecule has 1 fully saturated rings. The van der Waals surface area contributed by atoms with E-state index in [4.69, 9.17) is 10.8 Å². The predicted octanol–water partition coefficient (Wildman–Crippen LogP) is 0.0305. The Kier molecular flexibility index (Phi) is 7.23. The van der Waals surface area contributed by atoms with Gasteiger partial charge in [-0.1, -0.05) is 6.42 Å². The second kappa shape index (κ2) is 8.45. The van der Waals surface area contributed by atoms with E-state index >= 15 is 0 Å². The van der Waals surface area contributed by atoms with Gasteiger partial charge in [0.25, 0.3) is 0 Å². The van der Waals surface area contributed by atoms with Crippen molar-refractivity contribution in [3.05, 3.63) is 0 Å². The third kappa shape index (κ3) is 4.92. The van der Waals surface area contributed by atoms with Gasteiger partial charge in [-0.15, -0.1) is 0 Å². The van der Waals surface area contributed by atoms with E-state index in [1.807, 2.05) is 7.05 Å². The van der Waals surface area contributed by atoms with Crippen LogP contribution in [0.25, 0.3) is 0 Å². The summed E-state index contributed by atoms with van der Waals surface area (Å²) in [5, 5.41) is 8.91. The zero-order valence-electron chi connectivity index (χ0n) is 11.5. The lowest BCUT2D eigenvalue weighted by Gasteiger charge is -2.37. The number of nitrogens with zero attached hydrogens (tertiary/aromatic N) is 2. The number of likely N-dealkylation sites (N-methyl/N-ethyl adjacent to an activating group) is 1. The third-order valence-corrected chi connectivity index (χ3v) is 3.66. The Bertz CT molecular complexity index is 244. The van der Waals surface area contributed by atoms with Gasteiger partial charge in [0, 0.05) is 32.8 Å². The predicted molar refractivity (Wildman–Crippen MR) is 72.2 cm³/mol. The van der Waals surface area contributed by atoms with Crippen LogP contribution in [-0.4, -0.2) is 66.7 Å². The van der Waals surface area contributed by atoms with Gasteiger partial charge in [0.15, 0.2) is 0 Å². The molecule has 0 aliphatic heterocycles. The highest BCUT2D eigenvalue weighted by molar-refractivity contribution is 5.78. The van der Waals surface area contributed by atoms with Crippen molar-refractivity contribution >= 4 is 5.91 Å². The molecule has 1 amide bonds. The minimum absolute atomic E-state index is 0.160. The van der Waals surface area contributed by atoms with Gasteiger partial charge < -0.3 is 15.7 Å². The highest BCUT2D eigenvalue weighted by Gasteiger charge is 2.26. The fourth-order valence-electron chi connectivity index (χ4n) is 2.16. The number of rotatable bonds is 9. The first-order valence-corrected chi connectivity index (χ1v) is 6.98. The summed E-state index contributed by atoms with van der Waals surface area (Å²) in [6.07, 6.45) is 5.23. The zero-order valence-corrected chi connectivity index (χ0v) is 11.5. The van der Waals surface area contributed by atoms with E-state index in [0.29, 0.717) is 19.1 Å². The molecule has 1 rings (SSSR count). The van der Waals surface area contributed by atoms with Crippen molar-refractivity contribution in [2.75, 3.05) is 39.8 Å². The average Bonchev–Trinajstić information content (AvgIpc) is 2.30. The number of carbonyl (C=O) groups is 1. The quantitative estimate of drug-likeness (QED) is 0.611. The van der Waals surface area contributed by atoms with E-state index in [9.17, 15) is 4.79 Å². The molecule has 5 heteroatoms. The molecule has 0 bridgehead atoms. The Morgan fingerprint density at radius 3 is 2.56 bits per heavy atom. The van der Waals surface area contributed by atoms with Gasteiger partial charge in [0.1, 0.15) is 0 Å². The Morgan fingerprint density at radius 2 is 2.06 bits per heavy atom. The standard InChI is InChI=1S/C13H27N3O2/c1-15(8-3-7-14)13(18)11-16(9-4-10-17)12-5-2-6-12/h12,17H,2-11,14H2,1H3. The highest BCUT2D eigenvalue weighted by atomic mass is 16.3. The molecule has 0 aromatic carbocycles. The summed E-state index contributed by atoms with van der Waals surface area (Å²) < 4.78 is 0. The Hall–Kier alpha value is -0.650. The number of carbonyl (C=O) groups excluding carboxylic acids is 1. The molecule has 0 atom stereocenters. The van der Waals surface area contributed by atoms with Crippen LogP contribution in [0, 0.1) is 0 Å². The van der Waals surface area contributed by atoms with Crippen molar-refractivity contribution in [2.24, 2.45) is 5.73 Å². The normalized spacial score (nSPS) is 15.8. The SMILES string of the molecule is CN(CCCN)C(=O)CN(CCCO)C1CCC1. The maximum absolute atomic E-state index is 12.0. The van der Waals surface area contributed by atoms with Crippen molar-refractivity contribution in [3.63, 3.8) is 0 Å². The van der Waals surface area contributed by atoms with Crippen LogP contribution in [0.2, 0.25) is 0 Å². The number of hydrogen-bond acceptors (Lipinski definition) is 4. The number of hydrogen-bond donors (Lipinski definition) is 2.